The Kier molecular flexibility index (Phi) is 18.7. The van der Waals surface area contributed by atoms with Crippen molar-refractivity contribution in [1.29, 1.82) is 0 Å². The minimum absolute atomic E-state index is 0. The van der Waals surface area contributed by atoms with E-state index in [1.807, 2.05) is 0 Å². The van der Waals surface area contributed by atoms with Gasteiger partial charge in [-0.25, -0.2) is 0 Å². The number of Topliss-reactive ketones (excluding diaryl/α,β-unsaturated/α-hetero) is 2. The van der Waals surface area contributed by atoms with Gasteiger partial charge in [0.1, 0.15) is 11.6 Å². The van der Waals surface area contributed by atoms with Crippen LogP contribution in [-0.4, -0.2) is 24.8 Å². The summed E-state index contributed by atoms with van der Waals surface area (Å²) in [5.74, 6) is 7.89. The van der Waals surface area contributed by atoms with Crippen LogP contribution in [0.5, 0.6) is 0 Å². The summed E-state index contributed by atoms with van der Waals surface area (Å²) < 4.78 is 10.5. The topological polar surface area (TPSA) is 52.6 Å². The standard InChI is InChI=1S/2C9H16O.2C8H14O.CH4/c1-7(2)9-4-5-10-8(3)6-9;1-7(2)8-5-3-4-6-9(8)10;1-6(2)8-4-7(3)9-5-8;1-6(2)7-4-3-5-8(7)9;/h7,9H,3-6H2,1-2H3;7-8H,3-6H2,1-2H3;6,8H,3-5H2,1-2H3;6-7H,3-5H2,1-2H3;1H4. The summed E-state index contributed by atoms with van der Waals surface area (Å²) in [6.07, 6.45) is 10.8. The highest BCUT2D eigenvalue weighted by Crippen LogP contribution is 2.29. The second-order valence-electron chi connectivity index (χ2n) is 13.2. The smallest absolute Gasteiger partial charge is 0.136 e. The molecular weight excluding hydrogens is 484 g/mol. The van der Waals surface area contributed by atoms with Gasteiger partial charge < -0.3 is 9.47 Å². The second kappa shape index (κ2) is 19.5. The molecule has 0 aromatic carbocycles. The molecule has 4 atom stereocenters. The van der Waals surface area contributed by atoms with E-state index in [9.17, 15) is 9.59 Å². The van der Waals surface area contributed by atoms with Gasteiger partial charge in [-0.05, 0) is 61.7 Å². The predicted octanol–water partition coefficient (Wildman–Crippen LogP) is 9.82. The molecule has 4 heteroatoms. The monoisotopic (exact) mass is 548 g/mol. The van der Waals surface area contributed by atoms with E-state index < -0.39 is 0 Å². The molecule has 0 spiro atoms. The van der Waals surface area contributed by atoms with Gasteiger partial charge in [0.15, 0.2) is 0 Å². The molecule has 2 heterocycles. The van der Waals surface area contributed by atoms with Gasteiger partial charge in [-0.15, -0.1) is 0 Å². The molecule has 0 amide bonds. The summed E-state index contributed by atoms with van der Waals surface area (Å²) >= 11 is 0. The van der Waals surface area contributed by atoms with Gasteiger partial charge in [-0.1, -0.05) is 82.4 Å². The Hall–Kier alpha value is -1.58. The van der Waals surface area contributed by atoms with Gasteiger partial charge in [0.2, 0.25) is 0 Å². The molecule has 2 saturated heterocycles. The van der Waals surface area contributed by atoms with Crippen molar-refractivity contribution in [3.63, 3.8) is 0 Å². The lowest BCUT2D eigenvalue weighted by Gasteiger charge is -2.26. The highest BCUT2D eigenvalue weighted by Gasteiger charge is 2.27. The maximum Gasteiger partial charge on any atom is 0.136 e. The number of carbonyl (C=O) groups excluding carboxylic acids is 2. The van der Waals surface area contributed by atoms with Crippen molar-refractivity contribution in [2.45, 2.75) is 127 Å². The predicted molar refractivity (Wildman–Crippen MR) is 166 cm³/mol. The average molecular weight is 549 g/mol. The fraction of sp³-hybridized carbons (Fsp3) is 0.829. The third-order valence-corrected chi connectivity index (χ3v) is 8.72. The molecule has 0 bridgehead atoms. The first-order valence-electron chi connectivity index (χ1n) is 15.5. The number of rotatable bonds is 4. The zero-order chi connectivity index (χ0) is 28.8. The van der Waals surface area contributed by atoms with Gasteiger partial charge in [0.05, 0.1) is 24.7 Å². The van der Waals surface area contributed by atoms with Crippen LogP contribution in [0.15, 0.2) is 24.7 Å². The van der Waals surface area contributed by atoms with Gasteiger partial charge in [0, 0.05) is 43.4 Å². The third-order valence-electron chi connectivity index (χ3n) is 8.72. The maximum absolute atomic E-state index is 11.2. The van der Waals surface area contributed by atoms with Crippen molar-refractivity contribution in [3.8, 4) is 0 Å². The number of hydrogen-bond acceptors (Lipinski definition) is 4. The molecule has 228 valence electrons. The number of ketones is 2. The first kappa shape index (κ1) is 37.4. The lowest BCUT2D eigenvalue weighted by molar-refractivity contribution is -0.126. The molecule has 2 aliphatic heterocycles. The summed E-state index contributed by atoms with van der Waals surface area (Å²) in [6, 6.07) is 0. The molecule has 39 heavy (non-hydrogen) atoms. The van der Waals surface area contributed by atoms with E-state index in [1.165, 1.54) is 12.8 Å². The van der Waals surface area contributed by atoms with Crippen LogP contribution in [0.4, 0.5) is 0 Å². The van der Waals surface area contributed by atoms with Crippen molar-refractivity contribution in [1.82, 2.24) is 0 Å². The zero-order valence-electron chi connectivity index (χ0n) is 26.2. The molecule has 4 rings (SSSR count). The van der Waals surface area contributed by atoms with Crippen LogP contribution < -0.4 is 0 Å². The van der Waals surface area contributed by atoms with E-state index >= 15 is 0 Å². The lowest BCUT2D eigenvalue weighted by Crippen LogP contribution is -2.23. The summed E-state index contributed by atoms with van der Waals surface area (Å²) in [5, 5.41) is 0. The van der Waals surface area contributed by atoms with E-state index in [2.05, 4.69) is 68.5 Å². The van der Waals surface area contributed by atoms with Gasteiger partial charge in [-0.3, -0.25) is 9.59 Å². The molecule has 0 N–H and O–H groups in total. The third kappa shape index (κ3) is 14.6. The molecule has 4 unspecified atom stereocenters. The first-order chi connectivity index (χ1) is 17.8. The van der Waals surface area contributed by atoms with E-state index in [-0.39, 0.29) is 7.43 Å². The molecule has 4 fully saturated rings. The van der Waals surface area contributed by atoms with Gasteiger partial charge >= 0.3 is 0 Å². The highest BCUT2D eigenvalue weighted by atomic mass is 16.5. The van der Waals surface area contributed by atoms with Crippen LogP contribution in [0.25, 0.3) is 0 Å². The Labute approximate surface area is 242 Å². The Morgan fingerprint density at radius 3 is 1.36 bits per heavy atom. The Balaban J connectivity index is 0.000000490. The zero-order valence-corrected chi connectivity index (χ0v) is 26.2. The largest absolute Gasteiger partial charge is 0.499 e. The van der Waals surface area contributed by atoms with E-state index in [0.717, 1.165) is 99.8 Å². The van der Waals surface area contributed by atoms with Crippen molar-refractivity contribution >= 4 is 11.6 Å². The fourth-order valence-electron chi connectivity index (χ4n) is 5.70. The minimum atomic E-state index is 0. The second-order valence-corrected chi connectivity index (χ2v) is 13.2. The van der Waals surface area contributed by atoms with Gasteiger partial charge in [-0.2, -0.15) is 0 Å². The molecular formula is C35H64O4. The molecule has 0 radical (unpaired) electrons. The average Bonchev–Trinajstić information content (AvgIpc) is 3.49. The van der Waals surface area contributed by atoms with Crippen molar-refractivity contribution in [3.05, 3.63) is 24.7 Å². The molecule has 4 nitrogen and oxygen atoms in total. The summed E-state index contributed by atoms with van der Waals surface area (Å²) in [7, 11) is 0. The number of carbonyl (C=O) groups is 2. The first-order valence-corrected chi connectivity index (χ1v) is 15.5. The fourth-order valence-corrected chi connectivity index (χ4v) is 5.70. The Morgan fingerprint density at radius 2 is 1.08 bits per heavy atom. The summed E-state index contributed by atoms with van der Waals surface area (Å²) in [6.45, 7) is 26.9. The van der Waals surface area contributed by atoms with Crippen LogP contribution in [0, 0.1) is 47.3 Å². The van der Waals surface area contributed by atoms with E-state index in [4.69, 9.17) is 9.47 Å². The maximum atomic E-state index is 11.2. The van der Waals surface area contributed by atoms with Crippen LogP contribution >= 0.6 is 0 Å². The number of allylic oxidation sites excluding steroid dienone is 2. The van der Waals surface area contributed by atoms with Crippen molar-refractivity contribution in [2.24, 2.45) is 47.3 Å². The molecule has 0 aromatic heterocycles. The normalized spacial score (nSPS) is 26.6. The Bertz CT molecular complexity index is 733. The van der Waals surface area contributed by atoms with Crippen LogP contribution in [0.1, 0.15) is 127 Å². The van der Waals surface area contributed by atoms with Crippen LogP contribution in [0.3, 0.4) is 0 Å². The Morgan fingerprint density at radius 1 is 0.615 bits per heavy atom. The van der Waals surface area contributed by atoms with Crippen LogP contribution in [0.2, 0.25) is 0 Å². The van der Waals surface area contributed by atoms with Crippen molar-refractivity contribution < 1.29 is 19.1 Å². The summed E-state index contributed by atoms with van der Waals surface area (Å²) in [5.41, 5.74) is 0. The minimum Gasteiger partial charge on any atom is -0.499 e. The molecule has 0 aromatic rings. The SMILES string of the molecule is C.C=C1CC(C(C)C)CCO1.C=C1CC(C(C)C)CO1.CC(C)C1CCCC1=O.CC(C)C1CCCCC1=O. The van der Waals surface area contributed by atoms with Crippen LogP contribution in [-0.2, 0) is 19.1 Å². The highest BCUT2D eigenvalue weighted by molar-refractivity contribution is 5.83. The summed E-state index contributed by atoms with van der Waals surface area (Å²) in [4.78, 5) is 22.3. The van der Waals surface area contributed by atoms with E-state index in [1.54, 1.807) is 0 Å². The number of ether oxygens (including phenoxy) is 2. The van der Waals surface area contributed by atoms with E-state index in [0.29, 0.717) is 35.2 Å². The quantitative estimate of drug-likeness (QED) is 0.351. The lowest BCUT2D eigenvalue weighted by atomic mass is 9.81. The molecule has 4 aliphatic rings. The molecule has 2 aliphatic carbocycles. The molecule has 2 saturated carbocycles. The van der Waals surface area contributed by atoms with Crippen molar-refractivity contribution in [2.75, 3.05) is 13.2 Å². The van der Waals surface area contributed by atoms with Gasteiger partial charge in [0.25, 0.3) is 0 Å². The number of hydrogen-bond donors (Lipinski definition) is 0.